The first-order valence-corrected chi connectivity index (χ1v) is 6.44. The maximum Gasteiger partial charge on any atom is 0.239 e. The van der Waals surface area contributed by atoms with E-state index >= 15 is 0 Å². The fourth-order valence-corrected chi connectivity index (χ4v) is 2.02. The van der Waals surface area contributed by atoms with Crippen LogP contribution in [-0.4, -0.2) is 42.4 Å². The van der Waals surface area contributed by atoms with Gasteiger partial charge in [0, 0.05) is 25.6 Å². The monoisotopic (exact) mass is 277 g/mol. The second kappa shape index (κ2) is 9.16. The summed E-state index contributed by atoms with van der Waals surface area (Å²) in [5.41, 5.74) is 5.60. The number of rotatable bonds is 7. The van der Waals surface area contributed by atoms with E-state index in [4.69, 9.17) is 5.73 Å². The molecule has 1 aliphatic rings. The summed E-state index contributed by atoms with van der Waals surface area (Å²) < 4.78 is 0. The molecule has 1 saturated heterocycles. The Balaban J connectivity index is 0.00000289. The van der Waals surface area contributed by atoms with E-state index in [1.807, 2.05) is 0 Å². The van der Waals surface area contributed by atoms with Crippen molar-refractivity contribution >= 4 is 24.2 Å². The zero-order chi connectivity index (χ0) is 12.7. The predicted molar refractivity (Wildman–Crippen MR) is 73.6 cm³/mol. The summed E-state index contributed by atoms with van der Waals surface area (Å²) in [4.78, 5) is 24.7. The van der Waals surface area contributed by atoms with Gasteiger partial charge in [0.1, 0.15) is 0 Å². The van der Waals surface area contributed by atoms with E-state index < -0.39 is 0 Å². The average Bonchev–Trinajstić information content (AvgIpc) is 2.70. The number of amides is 2. The van der Waals surface area contributed by atoms with Crippen molar-refractivity contribution in [3.8, 4) is 0 Å². The Morgan fingerprint density at radius 3 is 2.78 bits per heavy atom. The third-order valence-electron chi connectivity index (χ3n) is 3.06. The van der Waals surface area contributed by atoms with Crippen LogP contribution in [0.15, 0.2) is 0 Å². The van der Waals surface area contributed by atoms with Crippen molar-refractivity contribution in [2.24, 2.45) is 5.73 Å². The van der Waals surface area contributed by atoms with Gasteiger partial charge in [0.05, 0.1) is 6.54 Å². The third-order valence-corrected chi connectivity index (χ3v) is 3.06. The van der Waals surface area contributed by atoms with E-state index in [1.165, 1.54) is 0 Å². The van der Waals surface area contributed by atoms with Crippen LogP contribution in [-0.2, 0) is 9.59 Å². The van der Waals surface area contributed by atoms with Gasteiger partial charge in [-0.1, -0.05) is 19.8 Å². The van der Waals surface area contributed by atoms with Gasteiger partial charge in [-0.15, -0.1) is 12.4 Å². The molecule has 0 aliphatic carbocycles. The Hall–Kier alpha value is -0.810. The van der Waals surface area contributed by atoms with Gasteiger partial charge < -0.3 is 16.0 Å². The molecule has 1 aliphatic heterocycles. The van der Waals surface area contributed by atoms with E-state index in [0.717, 1.165) is 25.7 Å². The zero-order valence-electron chi connectivity index (χ0n) is 11.0. The van der Waals surface area contributed by atoms with Crippen LogP contribution in [0.3, 0.4) is 0 Å². The second-order valence-corrected chi connectivity index (χ2v) is 4.56. The normalized spacial score (nSPS) is 16.3. The maximum absolute atomic E-state index is 11.7. The number of hydrogen-bond acceptors (Lipinski definition) is 3. The van der Waals surface area contributed by atoms with Gasteiger partial charge in [-0.05, 0) is 12.8 Å². The molecule has 2 amide bonds. The molecule has 0 spiro atoms. The molecular weight excluding hydrogens is 254 g/mol. The van der Waals surface area contributed by atoms with Crippen LogP contribution in [0, 0.1) is 0 Å². The van der Waals surface area contributed by atoms with Gasteiger partial charge in [0.2, 0.25) is 11.8 Å². The SMILES string of the molecule is CCCCC(CN)NC(=O)CN1CCCC1=O.Cl. The fourth-order valence-electron chi connectivity index (χ4n) is 2.02. The minimum absolute atomic E-state index is 0. The molecule has 0 aromatic carbocycles. The van der Waals surface area contributed by atoms with Gasteiger partial charge in [0.25, 0.3) is 0 Å². The highest BCUT2D eigenvalue weighted by atomic mass is 35.5. The molecule has 6 heteroatoms. The molecule has 0 saturated carbocycles. The molecule has 5 nitrogen and oxygen atoms in total. The van der Waals surface area contributed by atoms with Crippen molar-refractivity contribution in [3.05, 3.63) is 0 Å². The largest absolute Gasteiger partial charge is 0.351 e. The van der Waals surface area contributed by atoms with Crippen LogP contribution in [0.2, 0.25) is 0 Å². The Morgan fingerprint density at radius 2 is 2.28 bits per heavy atom. The molecule has 1 fully saturated rings. The summed E-state index contributed by atoms with van der Waals surface area (Å²) in [6, 6.07) is 0.0418. The van der Waals surface area contributed by atoms with Gasteiger partial charge >= 0.3 is 0 Å². The van der Waals surface area contributed by atoms with E-state index in [0.29, 0.717) is 19.5 Å². The Bertz CT molecular complexity index is 274. The highest BCUT2D eigenvalue weighted by Gasteiger charge is 2.22. The quantitative estimate of drug-likeness (QED) is 0.718. The lowest BCUT2D eigenvalue weighted by Gasteiger charge is -2.19. The Kier molecular flexibility index (Phi) is 8.75. The summed E-state index contributed by atoms with van der Waals surface area (Å²) in [7, 11) is 0. The molecule has 0 aromatic heterocycles. The molecule has 1 rings (SSSR count). The Morgan fingerprint density at radius 1 is 1.56 bits per heavy atom. The average molecular weight is 278 g/mol. The van der Waals surface area contributed by atoms with E-state index in [1.54, 1.807) is 4.90 Å². The lowest BCUT2D eigenvalue weighted by Crippen LogP contribution is -2.45. The standard InChI is InChI=1S/C12H23N3O2.ClH/c1-2-3-5-10(8-13)14-11(16)9-15-7-4-6-12(15)17;/h10H,2-9,13H2,1H3,(H,14,16);1H. The molecule has 1 atom stereocenters. The number of carbonyl (C=O) groups is 2. The van der Waals surface area contributed by atoms with Crippen molar-refractivity contribution in [1.82, 2.24) is 10.2 Å². The van der Waals surface area contributed by atoms with Crippen LogP contribution >= 0.6 is 12.4 Å². The number of nitrogens with one attached hydrogen (secondary N) is 1. The molecule has 1 unspecified atom stereocenters. The smallest absolute Gasteiger partial charge is 0.239 e. The van der Waals surface area contributed by atoms with Crippen LogP contribution in [0.1, 0.15) is 39.0 Å². The molecule has 3 N–H and O–H groups in total. The number of nitrogens with zero attached hydrogens (tertiary/aromatic N) is 1. The summed E-state index contributed by atoms with van der Waals surface area (Å²) >= 11 is 0. The number of carbonyl (C=O) groups excluding carboxylic acids is 2. The highest BCUT2D eigenvalue weighted by Crippen LogP contribution is 2.08. The number of hydrogen-bond donors (Lipinski definition) is 2. The summed E-state index contributed by atoms with van der Waals surface area (Å²) in [5.74, 6) is -0.00944. The number of halogens is 1. The molecular formula is C12H24ClN3O2. The third kappa shape index (κ3) is 5.69. The maximum atomic E-state index is 11.7. The molecule has 0 aromatic rings. The molecule has 0 bridgehead atoms. The van der Waals surface area contributed by atoms with Gasteiger partial charge in [-0.25, -0.2) is 0 Å². The zero-order valence-corrected chi connectivity index (χ0v) is 11.8. The second-order valence-electron chi connectivity index (χ2n) is 4.56. The first kappa shape index (κ1) is 17.2. The Labute approximate surface area is 115 Å². The topological polar surface area (TPSA) is 75.4 Å². The fraction of sp³-hybridized carbons (Fsp3) is 0.833. The number of unbranched alkanes of at least 4 members (excludes halogenated alkanes) is 1. The van der Waals surface area contributed by atoms with E-state index in [-0.39, 0.29) is 36.8 Å². The molecule has 106 valence electrons. The van der Waals surface area contributed by atoms with Gasteiger partial charge in [-0.2, -0.15) is 0 Å². The summed E-state index contributed by atoms with van der Waals surface area (Å²) in [6.45, 7) is 3.45. The van der Waals surface area contributed by atoms with E-state index in [2.05, 4.69) is 12.2 Å². The van der Waals surface area contributed by atoms with Gasteiger partial charge in [-0.3, -0.25) is 9.59 Å². The van der Waals surface area contributed by atoms with Crippen LogP contribution in [0.25, 0.3) is 0 Å². The lowest BCUT2D eigenvalue weighted by atomic mass is 10.1. The molecule has 1 heterocycles. The van der Waals surface area contributed by atoms with Crippen molar-refractivity contribution in [3.63, 3.8) is 0 Å². The minimum Gasteiger partial charge on any atom is -0.351 e. The minimum atomic E-state index is -0.0909. The van der Waals surface area contributed by atoms with Crippen LogP contribution < -0.4 is 11.1 Å². The predicted octanol–water partition coefficient (Wildman–Crippen LogP) is 0.664. The first-order valence-electron chi connectivity index (χ1n) is 6.44. The summed E-state index contributed by atoms with van der Waals surface area (Å²) in [6.07, 6.45) is 4.50. The van der Waals surface area contributed by atoms with Crippen molar-refractivity contribution in [2.45, 2.75) is 45.1 Å². The van der Waals surface area contributed by atoms with Crippen molar-refractivity contribution in [2.75, 3.05) is 19.6 Å². The van der Waals surface area contributed by atoms with Crippen molar-refractivity contribution < 1.29 is 9.59 Å². The lowest BCUT2D eigenvalue weighted by molar-refractivity contribution is -0.133. The van der Waals surface area contributed by atoms with Crippen LogP contribution in [0.5, 0.6) is 0 Å². The van der Waals surface area contributed by atoms with E-state index in [9.17, 15) is 9.59 Å². The summed E-state index contributed by atoms with van der Waals surface area (Å²) in [5, 5.41) is 2.89. The van der Waals surface area contributed by atoms with Crippen molar-refractivity contribution in [1.29, 1.82) is 0 Å². The highest BCUT2D eigenvalue weighted by molar-refractivity contribution is 5.86. The van der Waals surface area contributed by atoms with Crippen LogP contribution in [0.4, 0.5) is 0 Å². The molecule has 18 heavy (non-hydrogen) atoms. The first-order chi connectivity index (χ1) is 8.17. The molecule has 0 radical (unpaired) electrons. The number of likely N-dealkylation sites (tertiary alicyclic amines) is 1. The number of nitrogens with two attached hydrogens (primary N) is 1. The van der Waals surface area contributed by atoms with Gasteiger partial charge in [0.15, 0.2) is 0 Å².